The number of rotatable bonds is 3. The van der Waals surface area contributed by atoms with E-state index in [0.717, 1.165) is 35.9 Å². The van der Waals surface area contributed by atoms with Gasteiger partial charge in [-0.05, 0) is 66.6 Å². The Morgan fingerprint density at radius 2 is 1.61 bits per heavy atom. The van der Waals surface area contributed by atoms with E-state index in [1.54, 1.807) is 12.1 Å². The molecule has 0 saturated carbocycles. The summed E-state index contributed by atoms with van der Waals surface area (Å²) in [7, 11) is 0. The van der Waals surface area contributed by atoms with Crippen LogP contribution in [0, 0.1) is 11.6 Å². The number of amides is 1. The van der Waals surface area contributed by atoms with Crippen LogP contribution in [0.4, 0.5) is 33.3 Å². The van der Waals surface area contributed by atoms with E-state index in [1.165, 1.54) is 24.3 Å². The van der Waals surface area contributed by atoms with Crippen molar-refractivity contribution in [2.45, 2.75) is 32.0 Å². The molecule has 1 atom stereocenters. The van der Waals surface area contributed by atoms with E-state index in [2.05, 4.69) is 4.99 Å². The van der Waals surface area contributed by atoms with Crippen molar-refractivity contribution in [1.82, 2.24) is 0 Å². The number of carbonyl (C=O) groups is 1. The Labute approximate surface area is 187 Å². The minimum absolute atomic E-state index is 0.0381. The third-order valence-electron chi connectivity index (χ3n) is 5.52. The van der Waals surface area contributed by atoms with Crippen LogP contribution in [0.1, 0.15) is 34.8 Å². The Balaban J connectivity index is 1.86. The molecule has 0 fully saturated rings. The molecule has 0 aromatic heterocycles. The molecule has 33 heavy (non-hydrogen) atoms. The highest BCUT2D eigenvalue weighted by Gasteiger charge is 2.50. The molecule has 3 aromatic carbocycles. The van der Waals surface area contributed by atoms with Crippen LogP contribution in [0.15, 0.2) is 71.7 Å². The van der Waals surface area contributed by atoms with Gasteiger partial charge in [0.1, 0.15) is 17.7 Å². The predicted molar refractivity (Wildman–Crippen MR) is 116 cm³/mol. The van der Waals surface area contributed by atoms with Crippen LogP contribution in [0.3, 0.4) is 0 Å². The Hall–Kier alpha value is -3.55. The second-order valence-electron chi connectivity index (χ2n) is 7.68. The molecule has 4 rings (SSSR count). The molecule has 0 saturated heterocycles. The lowest BCUT2D eigenvalue weighted by atomic mass is 9.92. The van der Waals surface area contributed by atoms with E-state index >= 15 is 0 Å². The topological polar surface area (TPSA) is 32.7 Å². The normalized spacial score (nSPS) is 17.2. The van der Waals surface area contributed by atoms with Crippen molar-refractivity contribution in [3.8, 4) is 0 Å². The smallest absolute Gasteiger partial charge is 0.295 e. The van der Waals surface area contributed by atoms with Gasteiger partial charge in [-0.15, -0.1) is 0 Å². The molecule has 0 spiro atoms. The van der Waals surface area contributed by atoms with Crippen molar-refractivity contribution < 1.29 is 26.7 Å². The van der Waals surface area contributed by atoms with E-state index in [-0.39, 0.29) is 28.2 Å². The summed E-state index contributed by atoms with van der Waals surface area (Å²) in [6.07, 6.45) is -4.72. The quantitative estimate of drug-likeness (QED) is 0.406. The summed E-state index contributed by atoms with van der Waals surface area (Å²) in [5.74, 6) is -2.03. The summed E-state index contributed by atoms with van der Waals surface area (Å²) in [4.78, 5) is 18.2. The molecule has 3 nitrogen and oxygen atoms in total. The van der Waals surface area contributed by atoms with Gasteiger partial charge in [-0.3, -0.25) is 14.7 Å². The zero-order valence-electron chi connectivity index (χ0n) is 17.5. The van der Waals surface area contributed by atoms with Crippen LogP contribution in [0.2, 0.25) is 0 Å². The number of nitrogens with zero attached hydrogens (tertiary/aromatic N) is 2. The maximum Gasteiger partial charge on any atom is 0.409 e. The maximum atomic E-state index is 14.2. The number of aryl methyl sites for hydroxylation is 1. The van der Waals surface area contributed by atoms with E-state index < -0.39 is 36.2 Å². The lowest BCUT2D eigenvalue weighted by Crippen LogP contribution is -2.53. The SMILES string of the molecule is CCc1ccc(C(=O)N2c3ccc(F)cc3C(=Nc3ccc(F)cc3)CC2C(F)(F)F)cc1. The third-order valence-corrected chi connectivity index (χ3v) is 5.52. The van der Waals surface area contributed by atoms with E-state index in [4.69, 9.17) is 0 Å². The molecule has 8 heteroatoms. The van der Waals surface area contributed by atoms with Crippen molar-refractivity contribution >= 4 is 23.0 Å². The second kappa shape index (κ2) is 8.77. The summed E-state index contributed by atoms with van der Waals surface area (Å²) in [5.41, 5.74) is 1.21. The van der Waals surface area contributed by atoms with Gasteiger partial charge in [-0.1, -0.05) is 19.1 Å². The molecular formula is C25H19F5N2O. The molecule has 1 heterocycles. The van der Waals surface area contributed by atoms with Gasteiger partial charge in [0.25, 0.3) is 5.91 Å². The molecule has 170 valence electrons. The zero-order valence-corrected chi connectivity index (χ0v) is 17.5. The Kier molecular flexibility index (Phi) is 6.01. The van der Waals surface area contributed by atoms with Gasteiger partial charge in [0.2, 0.25) is 0 Å². The average Bonchev–Trinajstić information content (AvgIpc) is 2.79. The summed E-state index contributed by atoms with van der Waals surface area (Å²) in [5, 5.41) is 0. The highest BCUT2D eigenvalue weighted by Crippen LogP contribution is 2.40. The lowest BCUT2D eigenvalue weighted by Gasteiger charge is -2.38. The van der Waals surface area contributed by atoms with Gasteiger partial charge in [0.15, 0.2) is 0 Å². The first-order valence-electron chi connectivity index (χ1n) is 10.3. The van der Waals surface area contributed by atoms with Crippen molar-refractivity contribution in [2.24, 2.45) is 4.99 Å². The minimum Gasteiger partial charge on any atom is -0.295 e. The highest BCUT2D eigenvalue weighted by atomic mass is 19.4. The monoisotopic (exact) mass is 458 g/mol. The molecular weight excluding hydrogens is 439 g/mol. The summed E-state index contributed by atoms with van der Waals surface area (Å²) in [6.45, 7) is 1.92. The highest BCUT2D eigenvalue weighted by molar-refractivity contribution is 6.16. The molecule has 1 unspecified atom stereocenters. The summed E-state index contributed by atoms with van der Waals surface area (Å²) in [6, 6.07) is 12.3. The number of alkyl halides is 3. The molecule has 3 aromatic rings. The van der Waals surface area contributed by atoms with Gasteiger partial charge in [-0.25, -0.2) is 8.78 Å². The van der Waals surface area contributed by atoms with E-state index in [0.29, 0.717) is 11.3 Å². The Morgan fingerprint density at radius 3 is 2.21 bits per heavy atom. The van der Waals surface area contributed by atoms with Crippen molar-refractivity contribution in [1.29, 1.82) is 0 Å². The molecule has 0 radical (unpaired) electrons. The number of aliphatic imine (C=N–C) groups is 1. The van der Waals surface area contributed by atoms with E-state index in [1.807, 2.05) is 6.92 Å². The number of fused-ring (bicyclic) bond motifs is 1. The van der Waals surface area contributed by atoms with Crippen LogP contribution in [-0.4, -0.2) is 23.8 Å². The van der Waals surface area contributed by atoms with Gasteiger partial charge in [0, 0.05) is 17.5 Å². The number of carbonyl (C=O) groups excluding carboxylic acids is 1. The first-order valence-corrected chi connectivity index (χ1v) is 10.3. The molecule has 0 aliphatic carbocycles. The number of hydrogen-bond donors (Lipinski definition) is 0. The standard InChI is InChI=1S/C25H19F5N2O/c1-2-15-3-5-16(6-4-15)24(33)32-22-12-9-18(27)13-20(22)21(14-23(32)25(28,29)30)31-19-10-7-17(26)8-11-19/h3-13,23H,2,14H2,1H3. The van der Waals surface area contributed by atoms with Gasteiger partial charge in [0.05, 0.1) is 17.1 Å². The van der Waals surface area contributed by atoms with Crippen LogP contribution in [-0.2, 0) is 6.42 Å². The molecule has 0 N–H and O–H groups in total. The molecule has 0 bridgehead atoms. The third kappa shape index (κ3) is 4.65. The first-order chi connectivity index (χ1) is 15.7. The number of anilines is 1. The number of benzene rings is 3. The fourth-order valence-electron chi connectivity index (χ4n) is 3.81. The minimum atomic E-state index is -4.77. The summed E-state index contributed by atoms with van der Waals surface area (Å²) < 4.78 is 69.8. The zero-order chi connectivity index (χ0) is 23.8. The lowest BCUT2D eigenvalue weighted by molar-refractivity contribution is -0.146. The van der Waals surface area contributed by atoms with Gasteiger partial charge < -0.3 is 0 Å². The van der Waals surface area contributed by atoms with Gasteiger partial charge in [-0.2, -0.15) is 13.2 Å². The van der Waals surface area contributed by atoms with Crippen LogP contribution < -0.4 is 4.90 Å². The van der Waals surface area contributed by atoms with E-state index in [9.17, 15) is 26.7 Å². The number of hydrogen-bond acceptors (Lipinski definition) is 2. The molecule has 1 aliphatic heterocycles. The number of halogens is 5. The van der Waals surface area contributed by atoms with Crippen molar-refractivity contribution in [2.75, 3.05) is 4.90 Å². The van der Waals surface area contributed by atoms with Crippen molar-refractivity contribution in [3.63, 3.8) is 0 Å². The van der Waals surface area contributed by atoms with Crippen LogP contribution >= 0.6 is 0 Å². The largest absolute Gasteiger partial charge is 0.409 e. The Morgan fingerprint density at radius 1 is 0.970 bits per heavy atom. The van der Waals surface area contributed by atoms with Crippen LogP contribution in [0.25, 0.3) is 0 Å². The summed E-state index contributed by atoms with van der Waals surface area (Å²) >= 11 is 0. The first kappa shape index (κ1) is 22.6. The predicted octanol–water partition coefficient (Wildman–Crippen LogP) is 6.63. The molecule has 1 aliphatic rings. The maximum absolute atomic E-state index is 14.2. The van der Waals surface area contributed by atoms with Crippen molar-refractivity contribution in [3.05, 3.63) is 95.1 Å². The Bertz CT molecular complexity index is 1200. The second-order valence-corrected chi connectivity index (χ2v) is 7.68. The van der Waals surface area contributed by atoms with Crippen LogP contribution in [0.5, 0.6) is 0 Å². The molecule has 1 amide bonds. The average molecular weight is 458 g/mol. The fraction of sp³-hybridized carbons (Fsp3) is 0.200. The fourth-order valence-corrected chi connectivity index (χ4v) is 3.81. The van der Waals surface area contributed by atoms with Gasteiger partial charge >= 0.3 is 6.18 Å².